The summed E-state index contributed by atoms with van der Waals surface area (Å²) >= 11 is 0. The number of nitrogens with one attached hydrogen (secondary N) is 1. The van der Waals surface area contributed by atoms with Gasteiger partial charge in [-0.1, -0.05) is 12.1 Å². The highest BCUT2D eigenvalue weighted by Crippen LogP contribution is 2.11. The molecule has 4 nitrogen and oxygen atoms in total. The standard InChI is InChI=1S/C14H20N2O2/c1-12(2)17-10-8-16-11-13-3-5-14(6-4-13)18-9-7-15/h3-6,12,16H,8-11H2,1-2H3. The first-order valence-corrected chi connectivity index (χ1v) is 6.13. The Balaban J connectivity index is 2.21. The molecule has 0 unspecified atom stereocenters. The van der Waals surface area contributed by atoms with Crippen molar-refractivity contribution in [1.29, 1.82) is 5.26 Å². The van der Waals surface area contributed by atoms with Gasteiger partial charge in [-0.15, -0.1) is 0 Å². The normalized spacial score (nSPS) is 10.3. The van der Waals surface area contributed by atoms with Gasteiger partial charge in [0.1, 0.15) is 11.8 Å². The molecule has 18 heavy (non-hydrogen) atoms. The first-order valence-electron chi connectivity index (χ1n) is 6.13. The average molecular weight is 248 g/mol. The SMILES string of the molecule is CC(C)OCCNCc1ccc(OCC#N)cc1. The fourth-order valence-corrected chi connectivity index (χ4v) is 1.42. The van der Waals surface area contributed by atoms with Crippen LogP contribution in [0.1, 0.15) is 19.4 Å². The third-order valence-electron chi connectivity index (χ3n) is 2.29. The van der Waals surface area contributed by atoms with E-state index >= 15 is 0 Å². The Morgan fingerprint density at radius 1 is 1.28 bits per heavy atom. The van der Waals surface area contributed by atoms with E-state index in [2.05, 4.69) is 5.32 Å². The van der Waals surface area contributed by atoms with E-state index in [-0.39, 0.29) is 12.7 Å². The second-order valence-electron chi connectivity index (χ2n) is 4.19. The Morgan fingerprint density at radius 3 is 2.61 bits per heavy atom. The largest absolute Gasteiger partial charge is 0.479 e. The quantitative estimate of drug-likeness (QED) is 0.716. The number of hydrogen-bond acceptors (Lipinski definition) is 4. The average Bonchev–Trinajstić information content (AvgIpc) is 2.37. The van der Waals surface area contributed by atoms with Crippen LogP contribution in [0.3, 0.4) is 0 Å². The van der Waals surface area contributed by atoms with E-state index in [0.717, 1.165) is 25.4 Å². The lowest BCUT2D eigenvalue weighted by Crippen LogP contribution is -2.20. The summed E-state index contributed by atoms with van der Waals surface area (Å²) in [7, 11) is 0. The Hall–Kier alpha value is -1.57. The van der Waals surface area contributed by atoms with Crippen molar-refractivity contribution in [2.24, 2.45) is 0 Å². The molecule has 98 valence electrons. The maximum absolute atomic E-state index is 8.39. The molecule has 0 atom stereocenters. The molecule has 1 aromatic carbocycles. The van der Waals surface area contributed by atoms with Crippen LogP contribution >= 0.6 is 0 Å². The van der Waals surface area contributed by atoms with Gasteiger partial charge in [0.2, 0.25) is 0 Å². The zero-order chi connectivity index (χ0) is 13.2. The predicted molar refractivity (Wildman–Crippen MR) is 70.3 cm³/mol. The Kier molecular flexibility index (Phi) is 6.85. The van der Waals surface area contributed by atoms with Crippen LogP contribution in [0.2, 0.25) is 0 Å². The predicted octanol–water partition coefficient (Wildman–Crippen LogP) is 2.10. The Bertz CT molecular complexity index is 368. The number of benzene rings is 1. The van der Waals surface area contributed by atoms with Gasteiger partial charge in [0.05, 0.1) is 12.7 Å². The third-order valence-corrected chi connectivity index (χ3v) is 2.29. The van der Waals surface area contributed by atoms with Crippen molar-refractivity contribution in [2.45, 2.75) is 26.5 Å². The van der Waals surface area contributed by atoms with E-state index in [9.17, 15) is 0 Å². The Morgan fingerprint density at radius 2 is 2.00 bits per heavy atom. The van der Waals surface area contributed by atoms with Gasteiger partial charge >= 0.3 is 0 Å². The summed E-state index contributed by atoms with van der Waals surface area (Å²) in [6.45, 7) is 6.51. The van der Waals surface area contributed by atoms with Gasteiger partial charge in [-0.05, 0) is 31.5 Å². The summed E-state index contributed by atoms with van der Waals surface area (Å²) < 4.78 is 10.6. The number of ether oxygens (including phenoxy) is 2. The molecule has 0 fully saturated rings. The lowest BCUT2D eigenvalue weighted by Gasteiger charge is -2.09. The smallest absolute Gasteiger partial charge is 0.174 e. The van der Waals surface area contributed by atoms with Crippen molar-refractivity contribution >= 4 is 0 Å². The molecular formula is C14H20N2O2. The van der Waals surface area contributed by atoms with Crippen molar-refractivity contribution < 1.29 is 9.47 Å². The number of nitrogens with zero attached hydrogens (tertiary/aromatic N) is 1. The summed E-state index contributed by atoms with van der Waals surface area (Å²) in [5, 5.41) is 11.7. The van der Waals surface area contributed by atoms with Crippen LogP contribution in [0.15, 0.2) is 24.3 Å². The van der Waals surface area contributed by atoms with Gasteiger partial charge in [-0.3, -0.25) is 0 Å². The number of nitriles is 1. The van der Waals surface area contributed by atoms with Crippen LogP contribution in [0, 0.1) is 11.3 Å². The molecule has 1 rings (SSSR count). The molecule has 0 bridgehead atoms. The highest BCUT2D eigenvalue weighted by Gasteiger charge is 1.96. The lowest BCUT2D eigenvalue weighted by molar-refractivity contribution is 0.0807. The third kappa shape index (κ3) is 6.24. The lowest BCUT2D eigenvalue weighted by atomic mass is 10.2. The van der Waals surface area contributed by atoms with Crippen LogP contribution in [-0.2, 0) is 11.3 Å². The minimum absolute atomic E-state index is 0.0874. The molecule has 0 aromatic heterocycles. The fraction of sp³-hybridized carbons (Fsp3) is 0.500. The molecule has 0 saturated heterocycles. The van der Waals surface area contributed by atoms with Crippen LogP contribution in [0.5, 0.6) is 5.75 Å². The molecule has 0 amide bonds. The van der Waals surface area contributed by atoms with E-state index in [0.29, 0.717) is 0 Å². The minimum atomic E-state index is 0.0874. The first-order chi connectivity index (χ1) is 8.72. The van der Waals surface area contributed by atoms with Gasteiger partial charge < -0.3 is 14.8 Å². The molecule has 0 heterocycles. The molecule has 0 aliphatic heterocycles. The Labute approximate surface area is 109 Å². The molecule has 0 spiro atoms. The number of hydrogen-bond donors (Lipinski definition) is 1. The van der Waals surface area contributed by atoms with Crippen molar-refractivity contribution in [1.82, 2.24) is 5.32 Å². The zero-order valence-electron chi connectivity index (χ0n) is 11.0. The van der Waals surface area contributed by atoms with Crippen LogP contribution in [-0.4, -0.2) is 25.9 Å². The summed E-state index contributed by atoms with van der Waals surface area (Å²) in [6.07, 6.45) is 0.281. The van der Waals surface area contributed by atoms with E-state index in [4.69, 9.17) is 14.7 Å². The van der Waals surface area contributed by atoms with Crippen LogP contribution < -0.4 is 10.1 Å². The van der Waals surface area contributed by atoms with Gasteiger partial charge in [-0.2, -0.15) is 5.26 Å². The maximum Gasteiger partial charge on any atom is 0.174 e. The molecule has 1 aromatic rings. The van der Waals surface area contributed by atoms with Gasteiger partial charge in [0, 0.05) is 13.1 Å². The van der Waals surface area contributed by atoms with E-state index in [1.54, 1.807) is 0 Å². The topological polar surface area (TPSA) is 54.3 Å². The summed E-state index contributed by atoms with van der Waals surface area (Å²) in [5.41, 5.74) is 1.18. The second kappa shape index (κ2) is 8.51. The summed E-state index contributed by atoms with van der Waals surface area (Å²) in [4.78, 5) is 0. The summed E-state index contributed by atoms with van der Waals surface area (Å²) in [6, 6.07) is 9.67. The van der Waals surface area contributed by atoms with Gasteiger partial charge in [-0.25, -0.2) is 0 Å². The minimum Gasteiger partial charge on any atom is -0.479 e. The van der Waals surface area contributed by atoms with Crippen molar-refractivity contribution in [2.75, 3.05) is 19.8 Å². The number of rotatable bonds is 8. The highest BCUT2D eigenvalue weighted by atomic mass is 16.5. The van der Waals surface area contributed by atoms with E-state index in [1.807, 2.05) is 44.2 Å². The van der Waals surface area contributed by atoms with Crippen molar-refractivity contribution in [3.63, 3.8) is 0 Å². The summed E-state index contributed by atoms with van der Waals surface area (Å²) in [5.74, 6) is 0.725. The molecule has 0 radical (unpaired) electrons. The first kappa shape index (κ1) is 14.5. The molecule has 0 saturated carbocycles. The molecule has 4 heteroatoms. The van der Waals surface area contributed by atoms with E-state index < -0.39 is 0 Å². The fourth-order valence-electron chi connectivity index (χ4n) is 1.42. The molecule has 1 N–H and O–H groups in total. The molecule has 0 aliphatic carbocycles. The van der Waals surface area contributed by atoms with Gasteiger partial charge in [0.25, 0.3) is 0 Å². The van der Waals surface area contributed by atoms with E-state index in [1.165, 1.54) is 5.56 Å². The highest BCUT2D eigenvalue weighted by molar-refractivity contribution is 5.27. The molecular weight excluding hydrogens is 228 g/mol. The van der Waals surface area contributed by atoms with Gasteiger partial charge in [0.15, 0.2) is 6.61 Å². The van der Waals surface area contributed by atoms with Crippen molar-refractivity contribution in [3.8, 4) is 11.8 Å². The monoisotopic (exact) mass is 248 g/mol. The second-order valence-corrected chi connectivity index (χ2v) is 4.19. The zero-order valence-corrected chi connectivity index (χ0v) is 11.0. The van der Waals surface area contributed by atoms with Crippen LogP contribution in [0.4, 0.5) is 0 Å². The van der Waals surface area contributed by atoms with Crippen LogP contribution in [0.25, 0.3) is 0 Å². The maximum atomic E-state index is 8.39. The van der Waals surface area contributed by atoms with Crippen molar-refractivity contribution in [3.05, 3.63) is 29.8 Å². The molecule has 0 aliphatic rings.